The maximum absolute atomic E-state index is 12.6. The molecule has 2 aromatic heterocycles. The van der Waals surface area contributed by atoms with Gasteiger partial charge in [-0.15, -0.1) is 0 Å². The Morgan fingerprint density at radius 1 is 1.14 bits per heavy atom. The number of hydrogen-bond donors (Lipinski definition) is 1. The van der Waals surface area contributed by atoms with E-state index in [9.17, 15) is 9.59 Å². The molecule has 2 atom stereocenters. The van der Waals surface area contributed by atoms with E-state index in [1.807, 2.05) is 22.8 Å². The number of aromatic nitrogens is 5. The van der Waals surface area contributed by atoms with E-state index in [1.54, 1.807) is 11.0 Å². The zero-order chi connectivity index (χ0) is 19.5. The van der Waals surface area contributed by atoms with Crippen molar-refractivity contribution in [1.29, 1.82) is 0 Å². The van der Waals surface area contributed by atoms with Crippen molar-refractivity contribution < 1.29 is 9.59 Å². The minimum Gasteiger partial charge on any atom is -0.342 e. The highest BCUT2D eigenvalue weighted by molar-refractivity contribution is 5.78. The lowest BCUT2D eigenvalue weighted by molar-refractivity contribution is -0.134. The standard InChI is InChI=1S/C19H27N7O2/c1-14-7-17(23-22-14)8-18(27)25-6-4-16(10-25)15-3-2-5-24(9-15)19(28)11-26-13-20-12-21-26/h7,12-13,15-16H,2-6,8-11H2,1H3,(H,22,23). The first-order valence-corrected chi connectivity index (χ1v) is 9.97. The normalized spacial score (nSPS) is 22.6. The Bertz CT molecular complexity index is 816. The number of piperidine rings is 1. The van der Waals surface area contributed by atoms with Crippen LogP contribution in [0.15, 0.2) is 18.7 Å². The molecule has 4 rings (SSSR count). The molecule has 2 aromatic rings. The van der Waals surface area contributed by atoms with Gasteiger partial charge in [-0.05, 0) is 44.1 Å². The van der Waals surface area contributed by atoms with Crippen molar-refractivity contribution in [3.63, 3.8) is 0 Å². The van der Waals surface area contributed by atoms with Crippen molar-refractivity contribution in [2.24, 2.45) is 11.8 Å². The van der Waals surface area contributed by atoms with Crippen molar-refractivity contribution in [2.45, 2.75) is 39.2 Å². The van der Waals surface area contributed by atoms with Gasteiger partial charge in [0.1, 0.15) is 19.2 Å². The minimum absolute atomic E-state index is 0.0926. The number of nitrogens with zero attached hydrogens (tertiary/aromatic N) is 6. The summed E-state index contributed by atoms with van der Waals surface area (Å²) >= 11 is 0. The molecule has 2 aliphatic rings. The first-order valence-electron chi connectivity index (χ1n) is 9.97. The molecule has 4 heterocycles. The highest BCUT2D eigenvalue weighted by Gasteiger charge is 2.35. The van der Waals surface area contributed by atoms with Gasteiger partial charge in [0.2, 0.25) is 11.8 Å². The Labute approximate surface area is 164 Å². The number of nitrogens with one attached hydrogen (secondary N) is 1. The molecule has 0 saturated carbocycles. The molecule has 150 valence electrons. The largest absolute Gasteiger partial charge is 0.342 e. The summed E-state index contributed by atoms with van der Waals surface area (Å²) in [7, 11) is 0. The summed E-state index contributed by atoms with van der Waals surface area (Å²) in [5, 5.41) is 11.1. The van der Waals surface area contributed by atoms with Gasteiger partial charge in [-0.3, -0.25) is 14.7 Å². The van der Waals surface area contributed by atoms with Crippen LogP contribution in [0.2, 0.25) is 0 Å². The van der Waals surface area contributed by atoms with Gasteiger partial charge in [0.05, 0.1) is 12.1 Å². The number of carbonyl (C=O) groups is 2. The number of amides is 2. The molecule has 2 unspecified atom stereocenters. The molecule has 9 heteroatoms. The summed E-state index contributed by atoms with van der Waals surface area (Å²) in [6.45, 7) is 5.35. The van der Waals surface area contributed by atoms with Gasteiger partial charge >= 0.3 is 0 Å². The Hall–Kier alpha value is -2.71. The predicted octanol–water partition coefficient (Wildman–Crippen LogP) is 0.639. The van der Waals surface area contributed by atoms with Crippen LogP contribution in [0.4, 0.5) is 0 Å². The molecule has 28 heavy (non-hydrogen) atoms. The Morgan fingerprint density at radius 3 is 2.64 bits per heavy atom. The van der Waals surface area contributed by atoms with Crippen LogP contribution in [0.1, 0.15) is 30.7 Å². The van der Waals surface area contributed by atoms with Crippen LogP contribution in [0.3, 0.4) is 0 Å². The number of H-pyrrole nitrogens is 1. The molecule has 0 spiro atoms. The van der Waals surface area contributed by atoms with E-state index in [0.29, 0.717) is 18.3 Å². The maximum atomic E-state index is 12.6. The van der Waals surface area contributed by atoms with E-state index in [0.717, 1.165) is 56.8 Å². The van der Waals surface area contributed by atoms with Gasteiger partial charge < -0.3 is 9.80 Å². The fourth-order valence-electron chi connectivity index (χ4n) is 4.40. The fraction of sp³-hybridized carbons (Fsp3) is 0.632. The summed E-state index contributed by atoms with van der Waals surface area (Å²) in [5.41, 5.74) is 1.77. The van der Waals surface area contributed by atoms with Gasteiger partial charge in [-0.1, -0.05) is 0 Å². The second-order valence-corrected chi connectivity index (χ2v) is 7.94. The molecule has 2 fully saturated rings. The zero-order valence-electron chi connectivity index (χ0n) is 16.3. The average molecular weight is 385 g/mol. The smallest absolute Gasteiger partial charge is 0.244 e. The summed E-state index contributed by atoms with van der Waals surface area (Å²) in [6, 6.07) is 1.92. The van der Waals surface area contributed by atoms with E-state index in [2.05, 4.69) is 20.3 Å². The second-order valence-electron chi connectivity index (χ2n) is 7.94. The molecular weight excluding hydrogens is 358 g/mol. The molecule has 2 aliphatic heterocycles. The molecule has 0 radical (unpaired) electrons. The Balaban J connectivity index is 1.29. The molecule has 0 aliphatic carbocycles. The molecule has 9 nitrogen and oxygen atoms in total. The predicted molar refractivity (Wildman–Crippen MR) is 101 cm³/mol. The third-order valence-electron chi connectivity index (χ3n) is 5.91. The molecular formula is C19H27N7O2. The first kappa shape index (κ1) is 18.6. The maximum Gasteiger partial charge on any atom is 0.244 e. The number of rotatable bonds is 5. The van der Waals surface area contributed by atoms with Crippen LogP contribution >= 0.6 is 0 Å². The van der Waals surface area contributed by atoms with Crippen LogP contribution in [0.5, 0.6) is 0 Å². The minimum atomic E-state index is 0.0926. The lowest BCUT2D eigenvalue weighted by Crippen LogP contribution is -2.44. The molecule has 1 N–H and O–H groups in total. The van der Waals surface area contributed by atoms with Crippen molar-refractivity contribution in [1.82, 2.24) is 34.8 Å². The highest BCUT2D eigenvalue weighted by Crippen LogP contribution is 2.31. The van der Waals surface area contributed by atoms with Crippen LogP contribution < -0.4 is 0 Å². The lowest BCUT2D eigenvalue weighted by Gasteiger charge is -2.35. The third kappa shape index (κ3) is 4.23. The number of hydrogen-bond acceptors (Lipinski definition) is 5. The lowest BCUT2D eigenvalue weighted by atomic mass is 9.85. The van der Waals surface area contributed by atoms with Crippen molar-refractivity contribution >= 4 is 11.8 Å². The van der Waals surface area contributed by atoms with Gasteiger partial charge in [-0.2, -0.15) is 10.2 Å². The third-order valence-corrected chi connectivity index (χ3v) is 5.91. The van der Waals surface area contributed by atoms with Gasteiger partial charge in [0.25, 0.3) is 0 Å². The fourth-order valence-corrected chi connectivity index (χ4v) is 4.40. The van der Waals surface area contributed by atoms with Crippen LogP contribution in [-0.4, -0.2) is 72.8 Å². The van der Waals surface area contributed by atoms with E-state index < -0.39 is 0 Å². The zero-order valence-corrected chi connectivity index (χ0v) is 16.3. The van der Waals surface area contributed by atoms with Gasteiger partial charge in [0.15, 0.2) is 0 Å². The van der Waals surface area contributed by atoms with Crippen molar-refractivity contribution in [3.05, 3.63) is 30.1 Å². The first-order chi connectivity index (χ1) is 13.6. The van der Waals surface area contributed by atoms with E-state index in [4.69, 9.17) is 0 Å². The Kier molecular flexibility index (Phi) is 5.40. The Morgan fingerprint density at radius 2 is 1.93 bits per heavy atom. The number of aryl methyl sites for hydroxylation is 1. The quantitative estimate of drug-likeness (QED) is 0.814. The van der Waals surface area contributed by atoms with Gasteiger partial charge in [0, 0.05) is 31.9 Å². The van der Waals surface area contributed by atoms with E-state index >= 15 is 0 Å². The van der Waals surface area contributed by atoms with Crippen molar-refractivity contribution in [2.75, 3.05) is 26.2 Å². The van der Waals surface area contributed by atoms with Gasteiger partial charge in [-0.25, -0.2) is 9.67 Å². The van der Waals surface area contributed by atoms with E-state index in [1.165, 1.54) is 6.33 Å². The molecule has 0 bridgehead atoms. The average Bonchev–Trinajstić information content (AvgIpc) is 3.44. The van der Waals surface area contributed by atoms with Crippen LogP contribution in [-0.2, 0) is 22.6 Å². The summed E-state index contributed by atoms with van der Waals surface area (Å²) < 4.78 is 1.57. The number of aromatic amines is 1. The monoisotopic (exact) mass is 385 g/mol. The molecule has 2 amide bonds. The SMILES string of the molecule is Cc1cc(CC(=O)N2CCC(C3CCCN(C(=O)Cn4cncn4)C3)C2)n[nH]1. The topological polar surface area (TPSA) is 100 Å². The van der Waals surface area contributed by atoms with Crippen LogP contribution in [0, 0.1) is 18.8 Å². The number of likely N-dealkylation sites (tertiary alicyclic amines) is 2. The highest BCUT2D eigenvalue weighted by atomic mass is 16.2. The van der Waals surface area contributed by atoms with Crippen molar-refractivity contribution in [3.8, 4) is 0 Å². The summed E-state index contributed by atoms with van der Waals surface area (Å²) in [6.07, 6.45) is 6.52. The van der Waals surface area contributed by atoms with Crippen LogP contribution in [0.25, 0.3) is 0 Å². The molecule has 0 aromatic carbocycles. The summed E-state index contributed by atoms with van der Waals surface area (Å²) in [5.74, 6) is 1.16. The second kappa shape index (κ2) is 8.12. The number of carbonyl (C=O) groups excluding carboxylic acids is 2. The summed E-state index contributed by atoms with van der Waals surface area (Å²) in [4.78, 5) is 33.0. The molecule has 2 saturated heterocycles. The van der Waals surface area contributed by atoms with E-state index in [-0.39, 0.29) is 18.4 Å².